The van der Waals surface area contributed by atoms with Gasteiger partial charge in [0.1, 0.15) is 5.75 Å². The third kappa shape index (κ3) is 4.63. The Morgan fingerprint density at radius 3 is 2.92 bits per heavy atom. The Morgan fingerprint density at radius 2 is 2.21 bits per heavy atom. The summed E-state index contributed by atoms with van der Waals surface area (Å²) in [5.74, 6) is 1.46. The lowest BCUT2D eigenvalue weighted by atomic mass is 9.98. The molecule has 1 saturated heterocycles. The zero-order valence-corrected chi connectivity index (χ0v) is 14.7. The lowest BCUT2D eigenvalue weighted by Gasteiger charge is -2.34. The predicted octanol–water partition coefficient (Wildman–Crippen LogP) is 2.05. The average molecular weight is 333 g/mol. The van der Waals surface area contributed by atoms with Crippen LogP contribution in [0.3, 0.4) is 0 Å². The average Bonchev–Trinajstić information content (AvgIpc) is 2.63. The van der Waals surface area contributed by atoms with Crippen LogP contribution in [0.25, 0.3) is 0 Å². The van der Waals surface area contributed by atoms with Gasteiger partial charge in [-0.25, -0.2) is 0 Å². The van der Waals surface area contributed by atoms with Gasteiger partial charge in [0, 0.05) is 32.2 Å². The fourth-order valence-electron chi connectivity index (χ4n) is 2.98. The molecule has 1 aromatic rings. The number of carbonyl (C=O) groups is 1. The predicted molar refractivity (Wildman–Crippen MR) is 94.1 cm³/mol. The van der Waals surface area contributed by atoms with E-state index >= 15 is 0 Å². The molecule has 1 aromatic carbocycles. The molecule has 24 heavy (non-hydrogen) atoms. The summed E-state index contributed by atoms with van der Waals surface area (Å²) in [6.07, 6.45) is 1.83. The van der Waals surface area contributed by atoms with E-state index in [1.165, 1.54) is 0 Å². The number of guanidine groups is 1. The number of rotatable bonds is 5. The maximum absolute atomic E-state index is 12.0. The van der Waals surface area contributed by atoms with Crippen LogP contribution in [0, 0.1) is 5.92 Å². The van der Waals surface area contributed by atoms with Crippen LogP contribution in [0.1, 0.15) is 25.3 Å². The summed E-state index contributed by atoms with van der Waals surface area (Å²) in [6.45, 7) is 4.42. The van der Waals surface area contributed by atoms with E-state index in [4.69, 9.17) is 9.47 Å². The van der Waals surface area contributed by atoms with Crippen LogP contribution in [0.15, 0.2) is 29.3 Å². The van der Waals surface area contributed by atoms with Gasteiger partial charge in [-0.3, -0.25) is 9.79 Å². The number of ether oxygens (including phenoxy) is 2. The Labute approximate surface area is 143 Å². The topological polar surface area (TPSA) is 63.2 Å². The molecular weight excluding hydrogens is 306 g/mol. The first kappa shape index (κ1) is 18.1. The monoisotopic (exact) mass is 333 g/mol. The van der Waals surface area contributed by atoms with Crippen molar-refractivity contribution in [2.24, 2.45) is 10.9 Å². The Kier molecular flexibility index (Phi) is 6.90. The molecule has 1 N–H and O–H groups in total. The number of aliphatic imine (C=N–C) groups is 1. The van der Waals surface area contributed by atoms with Crippen LogP contribution >= 0.6 is 0 Å². The maximum Gasteiger partial charge on any atom is 0.310 e. The summed E-state index contributed by atoms with van der Waals surface area (Å²) >= 11 is 0. The SMILES string of the molecule is CCOC(=O)C1CCCN(C(=NC)NCc2ccccc2OC)C1. The molecule has 6 heteroatoms. The van der Waals surface area contributed by atoms with Gasteiger partial charge in [0.2, 0.25) is 0 Å². The zero-order valence-electron chi connectivity index (χ0n) is 14.7. The first-order valence-corrected chi connectivity index (χ1v) is 8.43. The number of hydrogen-bond acceptors (Lipinski definition) is 4. The van der Waals surface area contributed by atoms with E-state index in [1.807, 2.05) is 31.2 Å². The summed E-state index contributed by atoms with van der Waals surface area (Å²) in [7, 11) is 3.43. The minimum Gasteiger partial charge on any atom is -0.496 e. The second-order valence-electron chi connectivity index (χ2n) is 5.75. The molecule has 1 aliphatic heterocycles. The van der Waals surface area contributed by atoms with Crippen LogP contribution in [0.5, 0.6) is 5.75 Å². The molecule has 6 nitrogen and oxygen atoms in total. The largest absolute Gasteiger partial charge is 0.496 e. The second kappa shape index (κ2) is 9.15. The standard InChI is InChI=1S/C18H27N3O3/c1-4-24-17(22)15-9-7-11-21(13-15)18(19-2)20-12-14-8-5-6-10-16(14)23-3/h5-6,8,10,15H,4,7,9,11-13H2,1-3H3,(H,19,20). The van der Waals surface area contributed by atoms with Crippen LogP contribution < -0.4 is 10.1 Å². The maximum atomic E-state index is 12.0. The Morgan fingerprint density at radius 1 is 1.42 bits per heavy atom. The number of piperidine rings is 1. The van der Waals surface area contributed by atoms with Crippen molar-refractivity contribution >= 4 is 11.9 Å². The molecule has 1 unspecified atom stereocenters. The highest BCUT2D eigenvalue weighted by Gasteiger charge is 2.28. The van der Waals surface area contributed by atoms with E-state index in [2.05, 4.69) is 15.2 Å². The van der Waals surface area contributed by atoms with Gasteiger partial charge in [-0.2, -0.15) is 0 Å². The van der Waals surface area contributed by atoms with Crippen LogP contribution in [0.4, 0.5) is 0 Å². The van der Waals surface area contributed by atoms with Crippen molar-refractivity contribution < 1.29 is 14.3 Å². The van der Waals surface area contributed by atoms with Crippen molar-refractivity contribution in [2.45, 2.75) is 26.3 Å². The molecule has 2 rings (SSSR count). The van der Waals surface area contributed by atoms with Gasteiger partial charge in [-0.15, -0.1) is 0 Å². The number of benzene rings is 1. The molecule has 132 valence electrons. The number of methoxy groups -OCH3 is 1. The smallest absolute Gasteiger partial charge is 0.310 e. The molecule has 0 bridgehead atoms. The summed E-state index contributed by atoms with van der Waals surface area (Å²) in [6, 6.07) is 7.90. The molecule has 1 heterocycles. The van der Waals surface area contributed by atoms with E-state index < -0.39 is 0 Å². The van der Waals surface area contributed by atoms with Gasteiger partial charge in [-0.1, -0.05) is 18.2 Å². The van der Waals surface area contributed by atoms with E-state index in [-0.39, 0.29) is 11.9 Å². The summed E-state index contributed by atoms with van der Waals surface area (Å²) in [5.41, 5.74) is 1.07. The summed E-state index contributed by atoms with van der Waals surface area (Å²) in [4.78, 5) is 18.5. The van der Waals surface area contributed by atoms with Gasteiger partial charge in [0.05, 0.1) is 19.6 Å². The Balaban J connectivity index is 1.97. The van der Waals surface area contributed by atoms with E-state index in [0.29, 0.717) is 19.7 Å². The van der Waals surface area contributed by atoms with E-state index in [0.717, 1.165) is 36.7 Å². The molecule has 0 radical (unpaired) electrons. The normalized spacial score (nSPS) is 18.2. The zero-order chi connectivity index (χ0) is 17.4. The summed E-state index contributed by atoms with van der Waals surface area (Å²) in [5, 5.41) is 3.37. The van der Waals surface area contributed by atoms with E-state index in [1.54, 1.807) is 14.2 Å². The van der Waals surface area contributed by atoms with Crippen LogP contribution in [-0.2, 0) is 16.1 Å². The Hall–Kier alpha value is -2.24. The van der Waals surface area contributed by atoms with Crippen molar-refractivity contribution in [1.82, 2.24) is 10.2 Å². The first-order chi connectivity index (χ1) is 11.7. The van der Waals surface area contributed by atoms with Crippen molar-refractivity contribution in [2.75, 3.05) is 33.9 Å². The number of para-hydroxylation sites is 1. The third-order valence-corrected chi connectivity index (χ3v) is 4.18. The third-order valence-electron chi connectivity index (χ3n) is 4.18. The van der Waals surface area contributed by atoms with Crippen molar-refractivity contribution in [1.29, 1.82) is 0 Å². The lowest BCUT2D eigenvalue weighted by molar-refractivity contribution is -0.149. The quantitative estimate of drug-likeness (QED) is 0.508. The van der Waals surface area contributed by atoms with Gasteiger partial charge in [-0.05, 0) is 25.8 Å². The van der Waals surface area contributed by atoms with Crippen molar-refractivity contribution in [3.63, 3.8) is 0 Å². The minimum atomic E-state index is -0.109. The second-order valence-corrected chi connectivity index (χ2v) is 5.75. The fraction of sp³-hybridized carbons (Fsp3) is 0.556. The number of nitrogens with one attached hydrogen (secondary N) is 1. The Bertz CT molecular complexity index is 574. The highest BCUT2D eigenvalue weighted by Crippen LogP contribution is 2.19. The van der Waals surface area contributed by atoms with Gasteiger partial charge in [0.25, 0.3) is 0 Å². The first-order valence-electron chi connectivity index (χ1n) is 8.43. The number of nitrogens with zero attached hydrogens (tertiary/aromatic N) is 2. The molecular formula is C18H27N3O3. The summed E-state index contributed by atoms with van der Waals surface area (Å²) < 4.78 is 10.5. The van der Waals surface area contributed by atoms with E-state index in [9.17, 15) is 4.79 Å². The highest BCUT2D eigenvalue weighted by atomic mass is 16.5. The molecule has 0 saturated carbocycles. The molecule has 0 aromatic heterocycles. The molecule has 0 spiro atoms. The number of esters is 1. The van der Waals surface area contributed by atoms with Gasteiger partial charge >= 0.3 is 5.97 Å². The fourth-order valence-corrected chi connectivity index (χ4v) is 2.98. The number of likely N-dealkylation sites (tertiary alicyclic amines) is 1. The number of hydrogen-bond donors (Lipinski definition) is 1. The van der Waals surface area contributed by atoms with Crippen molar-refractivity contribution in [3.05, 3.63) is 29.8 Å². The highest BCUT2D eigenvalue weighted by molar-refractivity contribution is 5.81. The molecule has 1 aliphatic rings. The molecule has 1 fully saturated rings. The van der Waals surface area contributed by atoms with Crippen LogP contribution in [0.2, 0.25) is 0 Å². The minimum absolute atomic E-state index is 0.0801. The van der Waals surface area contributed by atoms with Gasteiger partial charge in [0.15, 0.2) is 5.96 Å². The number of carbonyl (C=O) groups excluding carboxylic acids is 1. The van der Waals surface area contributed by atoms with Gasteiger partial charge < -0.3 is 19.7 Å². The lowest BCUT2D eigenvalue weighted by Crippen LogP contribution is -2.48. The van der Waals surface area contributed by atoms with Crippen molar-refractivity contribution in [3.8, 4) is 5.75 Å². The molecule has 0 aliphatic carbocycles. The molecule has 0 amide bonds. The molecule has 1 atom stereocenters. The van der Waals surface area contributed by atoms with Crippen LogP contribution in [-0.4, -0.2) is 50.7 Å².